The molecule has 0 unspecified atom stereocenters. The molecule has 1 saturated carbocycles. The average molecular weight is 380 g/mol. The molecule has 0 spiro atoms. The Morgan fingerprint density at radius 1 is 1.18 bits per heavy atom. The number of nitrogens with zero attached hydrogens (tertiary/aromatic N) is 4. The molecule has 1 aromatic heterocycles. The van der Waals surface area contributed by atoms with Crippen molar-refractivity contribution in [3.8, 4) is 0 Å². The maximum Gasteiger partial charge on any atom is 0.234 e. The zero-order valence-electron chi connectivity index (χ0n) is 17.0. The molecule has 6 nitrogen and oxygen atoms in total. The Morgan fingerprint density at radius 2 is 1.89 bits per heavy atom. The van der Waals surface area contributed by atoms with E-state index in [4.69, 9.17) is 4.98 Å². The molecule has 2 heterocycles. The summed E-state index contributed by atoms with van der Waals surface area (Å²) in [5.41, 5.74) is 1.52. The highest BCUT2D eigenvalue weighted by atomic mass is 16.2. The van der Waals surface area contributed by atoms with Crippen LogP contribution in [-0.4, -0.2) is 35.5 Å². The van der Waals surface area contributed by atoms with Gasteiger partial charge in [0.15, 0.2) is 5.82 Å². The Morgan fingerprint density at radius 3 is 2.61 bits per heavy atom. The Labute approximate surface area is 167 Å². The zero-order valence-corrected chi connectivity index (χ0v) is 17.0. The zero-order chi connectivity index (χ0) is 19.7. The summed E-state index contributed by atoms with van der Waals surface area (Å²) >= 11 is 0. The van der Waals surface area contributed by atoms with Crippen LogP contribution in [0, 0.1) is 5.41 Å². The number of amides is 1. The number of aromatic nitrogens is 2. The van der Waals surface area contributed by atoms with Crippen molar-refractivity contribution in [3.05, 3.63) is 42.1 Å². The van der Waals surface area contributed by atoms with E-state index >= 15 is 0 Å². The summed E-state index contributed by atoms with van der Waals surface area (Å²) < 4.78 is 0. The average Bonchev–Trinajstić information content (AvgIpc) is 3.22. The maximum atomic E-state index is 13.0. The van der Waals surface area contributed by atoms with Gasteiger partial charge in [0, 0.05) is 26.2 Å². The van der Waals surface area contributed by atoms with Crippen molar-refractivity contribution in [1.82, 2.24) is 9.97 Å². The van der Waals surface area contributed by atoms with Crippen molar-refractivity contribution in [2.24, 2.45) is 5.41 Å². The third-order valence-electron chi connectivity index (χ3n) is 5.89. The molecule has 148 valence electrons. The molecule has 28 heavy (non-hydrogen) atoms. The summed E-state index contributed by atoms with van der Waals surface area (Å²) in [7, 11) is 1.83. The summed E-state index contributed by atoms with van der Waals surface area (Å²) in [6.45, 7) is 5.41. The quantitative estimate of drug-likeness (QED) is 0.874. The van der Waals surface area contributed by atoms with Crippen LogP contribution in [0.1, 0.15) is 45.1 Å². The Kier molecular flexibility index (Phi) is 4.96. The van der Waals surface area contributed by atoms with Crippen molar-refractivity contribution in [3.63, 3.8) is 0 Å². The molecule has 4 rings (SSSR count). The fourth-order valence-electron chi connectivity index (χ4n) is 4.33. The molecule has 6 heteroatoms. The largest absolute Gasteiger partial charge is 0.351 e. The van der Waals surface area contributed by atoms with E-state index in [1.54, 1.807) is 11.1 Å². The third-order valence-corrected chi connectivity index (χ3v) is 5.89. The lowest BCUT2D eigenvalue weighted by atomic mass is 9.91. The molecule has 1 aliphatic carbocycles. The van der Waals surface area contributed by atoms with E-state index in [-0.39, 0.29) is 5.91 Å². The van der Waals surface area contributed by atoms with Crippen molar-refractivity contribution < 1.29 is 4.79 Å². The predicted octanol–water partition coefficient (Wildman–Crippen LogP) is 3.84. The number of carbonyl (C=O) groups is 1. The van der Waals surface area contributed by atoms with Gasteiger partial charge in [-0.25, -0.2) is 4.98 Å². The SMILES string of the molecule is CN1C(=O)C(C)(C)CN(C2CCCC2)c2nc(NCc3ccccc3)ncc21. The summed E-state index contributed by atoms with van der Waals surface area (Å²) in [6.07, 6.45) is 6.58. The van der Waals surface area contributed by atoms with Crippen LogP contribution in [0.2, 0.25) is 0 Å². The second-order valence-electron chi connectivity index (χ2n) is 8.56. The van der Waals surface area contributed by atoms with Gasteiger partial charge < -0.3 is 15.1 Å². The van der Waals surface area contributed by atoms with E-state index in [1.165, 1.54) is 18.4 Å². The molecular weight excluding hydrogens is 350 g/mol. The highest BCUT2D eigenvalue weighted by Gasteiger charge is 2.41. The van der Waals surface area contributed by atoms with Crippen LogP contribution in [0.15, 0.2) is 36.5 Å². The highest BCUT2D eigenvalue weighted by Crippen LogP contribution is 2.40. The van der Waals surface area contributed by atoms with Gasteiger partial charge in [-0.1, -0.05) is 43.2 Å². The molecule has 0 radical (unpaired) electrons. The van der Waals surface area contributed by atoms with Gasteiger partial charge in [-0.2, -0.15) is 4.98 Å². The first kappa shape index (κ1) is 18.7. The van der Waals surface area contributed by atoms with E-state index in [2.05, 4.69) is 27.3 Å². The van der Waals surface area contributed by atoms with E-state index in [0.717, 1.165) is 24.3 Å². The van der Waals surface area contributed by atoms with E-state index in [1.807, 2.05) is 39.1 Å². The van der Waals surface area contributed by atoms with Crippen molar-refractivity contribution >= 4 is 23.4 Å². The molecule has 0 saturated heterocycles. The third kappa shape index (κ3) is 3.55. The lowest BCUT2D eigenvalue weighted by molar-refractivity contribution is -0.125. The topological polar surface area (TPSA) is 61.4 Å². The van der Waals surface area contributed by atoms with Crippen LogP contribution < -0.4 is 15.1 Å². The van der Waals surface area contributed by atoms with E-state index < -0.39 is 5.41 Å². The first-order chi connectivity index (χ1) is 13.5. The van der Waals surface area contributed by atoms with Gasteiger partial charge >= 0.3 is 0 Å². The number of rotatable bonds is 4. The minimum absolute atomic E-state index is 0.114. The van der Waals surface area contributed by atoms with Crippen LogP contribution >= 0.6 is 0 Å². The fraction of sp³-hybridized carbons (Fsp3) is 0.500. The second kappa shape index (κ2) is 7.41. The predicted molar refractivity (Wildman–Crippen MR) is 113 cm³/mol. The number of benzene rings is 1. The Balaban J connectivity index is 1.67. The Bertz CT molecular complexity index is 845. The summed E-state index contributed by atoms with van der Waals surface area (Å²) in [4.78, 5) is 26.5. The standard InChI is InChI=1S/C22H29N5O/c1-22(2)15-27(17-11-7-8-12-17)19-18(26(3)20(22)28)14-24-21(25-19)23-13-16-9-5-4-6-10-16/h4-6,9-10,14,17H,7-8,11-13,15H2,1-3H3,(H,23,24,25). The second-order valence-corrected chi connectivity index (χ2v) is 8.56. The maximum absolute atomic E-state index is 13.0. The van der Waals surface area contributed by atoms with Crippen molar-refractivity contribution in [2.45, 2.75) is 52.1 Å². The van der Waals surface area contributed by atoms with Gasteiger partial charge in [0.2, 0.25) is 11.9 Å². The minimum atomic E-state index is -0.463. The van der Waals surface area contributed by atoms with E-state index in [9.17, 15) is 4.79 Å². The highest BCUT2D eigenvalue weighted by molar-refractivity contribution is 6.00. The molecule has 1 aliphatic heterocycles. The van der Waals surface area contributed by atoms with Crippen LogP contribution in [0.4, 0.5) is 17.5 Å². The number of hydrogen-bond donors (Lipinski definition) is 1. The smallest absolute Gasteiger partial charge is 0.234 e. The van der Waals surface area contributed by atoms with Gasteiger partial charge in [0.1, 0.15) is 5.69 Å². The van der Waals surface area contributed by atoms with Gasteiger partial charge in [0.25, 0.3) is 0 Å². The molecule has 2 aliphatic rings. The fourth-order valence-corrected chi connectivity index (χ4v) is 4.33. The van der Waals surface area contributed by atoms with Gasteiger partial charge in [-0.3, -0.25) is 4.79 Å². The first-order valence-corrected chi connectivity index (χ1v) is 10.2. The number of nitrogens with one attached hydrogen (secondary N) is 1. The molecule has 0 atom stereocenters. The summed E-state index contributed by atoms with van der Waals surface area (Å²) in [5, 5.41) is 3.34. The normalized spacial score (nSPS) is 19.5. The lowest BCUT2D eigenvalue weighted by Crippen LogP contribution is -2.45. The van der Waals surface area contributed by atoms with Crippen LogP contribution in [0.3, 0.4) is 0 Å². The van der Waals surface area contributed by atoms with Crippen molar-refractivity contribution in [2.75, 3.05) is 28.7 Å². The summed E-state index contributed by atoms with van der Waals surface area (Å²) in [6, 6.07) is 10.7. The van der Waals surface area contributed by atoms with Gasteiger partial charge in [0.05, 0.1) is 11.6 Å². The number of carbonyl (C=O) groups excluding carboxylic acids is 1. The minimum Gasteiger partial charge on any atom is -0.351 e. The molecular formula is C22H29N5O. The van der Waals surface area contributed by atoms with Gasteiger partial charge in [-0.15, -0.1) is 0 Å². The molecule has 1 fully saturated rings. The monoisotopic (exact) mass is 379 g/mol. The number of anilines is 3. The lowest BCUT2D eigenvalue weighted by Gasteiger charge is -2.34. The van der Waals surface area contributed by atoms with E-state index in [0.29, 0.717) is 25.1 Å². The summed E-state index contributed by atoms with van der Waals surface area (Å²) in [5.74, 6) is 1.59. The van der Waals surface area contributed by atoms with Gasteiger partial charge in [-0.05, 0) is 32.3 Å². The molecule has 1 amide bonds. The first-order valence-electron chi connectivity index (χ1n) is 10.2. The molecule has 1 aromatic carbocycles. The Hall–Kier alpha value is -2.63. The van der Waals surface area contributed by atoms with Crippen LogP contribution in [0.5, 0.6) is 0 Å². The molecule has 2 aromatic rings. The molecule has 1 N–H and O–H groups in total. The number of fused-ring (bicyclic) bond motifs is 1. The van der Waals surface area contributed by atoms with Crippen LogP contribution in [-0.2, 0) is 11.3 Å². The van der Waals surface area contributed by atoms with Crippen LogP contribution in [0.25, 0.3) is 0 Å². The molecule has 0 bridgehead atoms. The van der Waals surface area contributed by atoms with Crippen molar-refractivity contribution in [1.29, 1.82) is 0 Å². The number of hydrogen-bond acceptors (Lipinski definition) is 5.